The van der Waals surface area contributed by atoms with Gasteiger partial charge in [0.2, 0.25) is 5.91 Å². The number of aryl methyl sites for hydroxylation is 1. The minimum atomic E-state index is 0.0673. The second kappa shape index (κ2) is 3.93. The molecular formula is C12H16N2O. The molecular weight excluding hydrogens is 188 g/mol. The smallest absolute Gasteiger partial charge is 0.229 e. The average molecular weight is 204 g/mol. The first kappa shape index (κ1) is 10.0. The molecule has 1 heterocycles. The van der Waals surface area contributed by atoms with Crippen molar-refractivity contribution in [2.24, 2.45) is 5.92 Å². The topological polar surface area (TPSA) is 41.1 Å². The van der Waals surface area contributed by atoms with Gasteiger partial charge < -0.3 is 10.6 Å². The second-order valence-corrected chi connectivity index (χ2v) is 4.02. The molecule has 0 fully saturated rings. The van der Waals surface area contributed by atoms with E-state index in [1.165, 1.54) is 5.56 Å². The van der Waals surface area contributed by atoms with Crippen LogP contribution in [0.3, 0.4) is 0 Å². The van der Waals surface area contributed by atoms with Crippen LogP contribution in [0, 0.1) is 12.8 Å². The maximum Gasteiger partial charge on any atom is 0.229 e. The van der Waals surface area contributed by atoms with E-state index in [1.54, 1.807) is 0 Å². The van der Waals surface area contributed by atoms with Crippen LogP contribution in [0.4, 0.5) is 11.4 Å². The van der Waals surface area contributed by atoms with Gasteiger partial charge in [-0.25, -0.2) is 0 Å². The first-order valence-electron chi connectivity index (χ1n) is 5.36. The number of benzene rings is 1. The standard InChI is InChI=1S/C12H16N2O/c1-3-9-7-13-11-6-8(2)4-5-10(11)14-12(9)15/h4-6,9,13H,3,7H2,1-2H3,(H,14,15). The van der Waals surface area contributed by atoms with Crippen LogP contribution >= 0.6 is 0 Å². The Morgan fingerprint density at radius 3 is 2.93 bits per heavy atom. The summed E-state index contributed by atoms with van der Waals surface area (Å²) in [4.78, 5) is 11.7. The van der Waals surface area contributed by atoms with Gasteiger partial charge in [0.25, 0.3) is 0 Å². The molecule has 0 saturated heterocycles. The summed E-state index contributed by atoms with van der Waals surface area (Å²) in [5.74, 6) is 0.185. The lowest BCUT2D eigenvalue weighted by atomic mass is 10.1. The number of fused-ring (bicyclic) bond motifs is 1. The van der Waals surface area contributed by atoms with Crippen molar-refractivity contribution in [2.45, 2.75) is 20.3 Å². The number of hydrogen-bond donors (Lipinski definition) is 2. The van der Waals surface area contributed by atoms with Gasteiger partial charge >= 0.3 is 0 Å². The molecule has 0 saturated carbocycles. The summed E-state index contributed by atoms with van der Waals surface area (Å²) in [5.41, 5.74) is 3.12. The SMILES string of the molecule is CCC1CNc2cc(C)ccc2NC1=O. The van der Waals surface area contributed by atoms with Crippen molar-refractivity contribution in [1.29, 1.82) is 0 Å². The third-order valence-electron chi connectivity index (χ3n) is 2.84. The van der Waals surface area contributed by atoms with E-state index in [2.05, 4.69) is 16.7 Å². The molecule has 0 aromatic heterocycles. The van der Waals surface area contributed by atoms with Crippen molar-refractivity contribution in [3.8, 4) is 0 Å². The Morgan fingerprint density at radius 2 is 2.20 bits per heavy atom. The van der Waals surface area contributed by atoms with Crippen LogP contribution in [0.5, 0.6) is 0 Å². The Balaban J connectivity index is 2.31. The predicted molar refractivity (Wildman–Crippen MR) is 62.1 cm³/mol. The molecule has 3 heteroatoms. The lowest BCUT2D eigenvalue weighted by Crippen LogP contribution is -2.24. The normalized spacial score (nSPS) is 19.9. The molecule has 15 heavy (non-hydrogen) atoms. The van der Waals surface area contributed by atoms with E-state index in [1.807, 2.05) is 26.0 Å². The Kier molecular flexibility index (Phi) is 2.62. The molecule has 1 aliphatic rings. The number of carbonyl (C=O) groups is 1. The van der Waals surface area contributed by atoms with Crippen LogP contribution in [-0.4, -0.2) is 12.5 Å². The van der Waals surface area contributed by atoms with Crippen molar-refractivity contribution in [1.82, 2.24) is 0 Å². The first-order valence-corrected chi connectivity index (χ1v) is 5.36. The predicted octanol–water partition coefficient (Wildman–Crippen LogP) is 2.39. The fourth-order valence-corrected chi connectivity index (χ4v) is 1.80. The Morgan fingerprint density at radius 1 is 1.40 bits per heavy atom. The highest BCUT2D eigenvalue weighted by Gasteiger charge is 2.21. The summed E-state index contributed by atoms with van der Waals surface area (Å²) in [6.45, 7) is 4.80. The van der Waals surface area contributed by atoms with Gasteiger partial charge in [-0.15, -0.1) is 0 Å². The summed E-state index contributed by atoms with van der Waals surface area (Å²) >= 11 is 0. The number of hydrogen-bond acceptors (Lipinski definition) is 2. The first-order chi connectivity index (χ1) is 7.20. The zero-order valence-corrected chi connectivity index (χ0v) is 9.13. The molecule has 1 atom stereocenters. The molecule has 0 bridgehead atoms. The van der Waals surface area contributed by atoms with Gasteiger partial charge in [0.05, 0.1) is 17.3 Å². The van der Waals surface area contributed by atoms with E-state index < -0.39 is 0 Å². The maximum atomic E-state index is 11.7. The summed E-state index contributed by atoms with van der Waals surface area (Å²) in [6, 6.07) is 6.02. The molecule has 2 rings (SSSR count). The van der Waals surface area contributed by atoms with Gasteiger partial charge in [-0.05, 0) is 31.0 Å². The lowest BCUT2D eigenvalue weighted by molar-refractivity contribution is -0.119. The molecule has 0 aliphatic carbocycles. The average Bonchev–Trinajstić information content (AvgIpc) is 2.36. The van der Waals surface area contributed by atoms with Gasteiger partial charge in [-0.2, -0.15) is 0 Å². The van der Waals surface area contributed by atoms with Crippen LogP contribution in [0.25, 0.3) is 0 Å². The minimum absolute atomic E-state index is 0.0673. The van der Waals surface area contributed by atoms with E-state index in [9.17, 15) is 4.79 Å². The summed E-state index contributed by atoms with van der Waals surface area (Å²) in [6.07, 6.45) is 0.867. The Labute approximate surface area is 89.9 Å². The van der Waals surface area contributed by atoms with Crippen molar-refractivity contribution in [2.75, 3.05) is 17.2 Å². The number of amides is 1. The Bertz CT molecular complexity index is 387. The monoisotopic (exact) mass is 204 g/mol. The van der Waals surface area contributed by atoms with Crippen molar-refractivity contribution in [3.05, 3.63) is 23.8 Å². The molecule has 1 aliphatic heterocycles. The van der Waals surface area contributed by atoms with Crippen molar-refractivity contribution < 1.29 is 4.79 Å². The number of rotatable bonds is 1. The van der Waals surface area contributed by atoms with E-state index in [4.69, 9.17) is 0 Å². The molecule has 1 aromatic rings. The van der Waals surface area contributed by atoms with Crippen LogP contribution in [0.15, 0.2) is 18.2 Å². The van der Waals surface area contributed by atoms with Crippen molar-refractivity contribution >= 4 is 17.3 Å². The zero-order chi connectivity index (χ0) is 10.8. The molecule has 0 spiro atoms. The number of anilines is 2. The molecule has 80 valence electrons. The maximum absolute atomic E-state index is 11.7. The number of carbonyl (C=O) groups excluding carboxylic acids is 1. The van der Waals surface area contributed by atoms with Gasteiger partial charge in [-0.1, -0.05) is 13.0 Å². The summed E-state index contributed by atoms with van der Waals surface area (Å²) < 4.78 is 0. The highest BCUT2D eigenvalue weighted by molar-refractivity contribution is 5.97. The number of nitrogens with one attached hydrogen (secondary N) is 2. The van der Waals surface area contributed by atoms with E-state index in [0.717, 1.165) is 24.3 Å². The molecule has 1 amide bonds. The molecule has 1 unspecified atom stereocenters. The molecule has 1 aromatic carbocycles. The van der Waals surface area contributed by atoms with Crippen LogP contribution in [-0.2, 0) is 4.79 Å². The lowest BCUT2D eigenvalue weighted by Gasteiger charge is -2.09. The molecule has 3 nitrogen and oxygen atoms in total. The third-order valence-corrected chi connectivity index (χ3v) is 2.84. The Hall–Kier alpha value is -1.51. The fourth-order valence-electron chi connectivity index (χ4n) is 1.80. The molecule has 2 N–H and O–H groups in total. The summed E-state index contributed by atoms with van der Waals surface area (Å²) in [5, 5.41) is 6.26. The minimum Gasteiger partial charge on any atom is -0.383 e. The van der Waals surface area contributed by atoms with E-state index >= 15 is 0 Å². The second-order valence-electron chi connectivity index (χ2n) is 4.02. The van der Waals surface area contributed by atoms with Gasteiger partial charge in [0.15, 0.2) is 0 Å². The van der Waals surface area contributed by atoms with Crippen LogP contribution in [0.1, 0.15) is 18.9 Å². The van der Waals surface area contributed by atoms with Crippen LogP contribution in [0.2, 0.25) is 0 Å². The summed E-state index contributed by atoms with van der Waals surface area (Å²) in [7, 11) is 0. The largest absolute Gasteiger partial charge is 0.383 e. The zero-order valence-electron chi connectivity index (χ0n) is 9.13. The van der Waals surface area contributed by atoms with E-state index in [-0.39, 0.29) is 11.8 Å². The van der Waals surface area contributed by atoms with Gasteiger partial charge in [0.1, 0.15) is 0 Å². The fraction of sp³-hybridized carbons (Fsp3) is 0.417. The highest BCUT2D eigenvalue weighted by atomic mass is 16.1. The molecule has 0 radical (unpaired) electrons. The van der Waals surface area contributed by atoms with Crippen LogP contribution < -0.4 is 10.6 Å². The van der Waals surface area contributed by atoms with Crippen molar-refractivity contribution in [3.63, 3.8) is 0 Å². The van der Waals surface area contributed by atoms with E-state index in [0.29, 0.717) is 0 Å². The van der Waals surface area contributed by atoms with Gasteiger partial charge in [0, 0.05) is 6.54 Å². The quantitative estimate of drug-likeness (QED) is 0.737. The third kappa shape index (κ3) is 1.96. The highest BCUT2D eigenvalue weighted by Crippen LogP contribution is 2.26. The van der Waals surface area contributed by atoms with Gasteiger partial charge in [-0.3, -0.25) is 4.79 Å².